The summed E-state index contributed by atoms with van der Waals surface area (Å²) in [5.74, 6) is 2.82. The number of unbranched alkanes of at least 4 members (excludes halogenated alkanes) is 2. The fraction of sp³-hybridized carbons (Fsp3) is 0.592. The third kappa shape index (κ3) is 18.3. The second kappa shape index (κ2) is 28.9. The summed E-state index contributed by atoms with van der Waals surface area (Å²) in [6.07, 6.45) is 23.2. The van der Waals surface area contributed by atoms with E-state index in [1.165, 1.54) is 25.1 Å². The van der Waals surface area contributed by atoms with Gasteiger partial charge >= 0.3 is 406 Å². The number of hydrogen-bond donors (Lipinski definition) is 5. The number of halogens is 2. The van der Waals surface area contributed by atoms with Crippen molar-refractivity contribution in [1.82, 2.24) is 0 Å². The molecular formula is C49H68B2Br2O8S2. The molecule has 3 unspecified atom stereocenters. The average molecular weight is 1030 g/mol. The second-order valence-electron chi connectivity index (χ2n) is 17.1. The number of rotatable bonds is 25. The zero-order valence-electron chi connectivity index (χ0n) is 37.6. The summed E-state index contributed by atoms with van der Waals surface area (Å²) in [5.41, 5.74) is 1.26. The van der Waals surface area contributed by atoms with Crippen molar-refractivity contribution in [3.63, 3.8) is 0 Å². The molecule has 8 nitrogen and oxygen atoms in total. The SMILES string of the molecule is [B]=C[C@@H]1CC(O)[C@H](C/C=C\CCCC(=O)O)[C@H]1/C=C/[C@@H](O)CCc1sc(C)c(Br)c1C.[B]=C[C@@H]1CC(O)[C@H](C/C=C\CCCC(=O)O)[C@H]1/C=C/[C@H](CC(C)c1cc(Br)c(C)s1)OC. The number of carbonyl (C=O) groups is 2. The molecule has 14 heteroatoms. The summed E-state index contributed by atoms with van der Waals surface area (Å²) in [4.78, 5) is 26.4. The molecule has 2 heterocycles. The predicted molar refractivity (Wildman–Crippen MR) is 271 cm³/mol. The molecule has 2 radical (unpaired) electrons. The third-order valence-corrected chi connectivity index (χ3v) is 17.6. The van der Waals surface area contributed by atoms with Gasteiger partial charge in [0.15, 0.2) is 0 Å². The van der Waals surface area contributed by atoms with Crippen LogP contribution in [0.4, 0.5) is 0 Å². The first-order valence-corrected chi connectivity index (χ1v) is 25.5. The van der Waals surface area contributed by atoms with Crippen LogP contribution in [0.5, 0.6) is 0 Å². The van der Waals surface area contributed by atoms with Gasteiger partial charge in [-0.05, 0) is 0 Å². The summed E-state index contributed by atoms with van der Waals surface area (Å²) in [5, 5.41) is 49.1. The number of aryl methyl sites for hydroxylation is 3. The van der Waals surface area contributed by atoms with Crippen LogP contribution in [0.2, 0.25) is 0 Å². The molecule has 0 saturated heterocycles. The number of aliphatic hydroxyl groups is 3. The van der Waals surface area contributed by atoms with Crippen molar-refractivity contribution in [2.45, 2.75) is 141 Å². The van der Waals surface area contributed by atoms with Gasteiger partial charge in [0.1, 0.15) is 0 Å². The van der Waals surface area contributed by atoms with E-state index < -0.39 is 30.3 Å². The molecule has 2 aliphatic carbocycles. The molecule has 2 fully saturated rings. The van der Waals surface area contributed by atoms with E-state index >= 15 is 0 Å². The normalized spacial score (nSPS) is 25.2. The summed E-state index contributed by atoms with van der Waals surface area (Å²) in [6, 6.07) is 2.20. The van der Waals surface area contributed by atoms with Crippen LogP contribution >= 0.6 is 54.5 Å². The second-order valence-corrected chi connectivity index (χ2v) is 21.4. The molecule has 11 atom stereocenters. The van der Waals surface area contributed by atoms with Crippen LogP contribution in [0.3, 0.4) is 0 Å². The van der Waals surface area contributed by atoms with Gasteiger partial charge < -0.3 is 0 Å². The Morgan fingerprint density at radius 3 is 1.79 bits per heavy atom. The first kappa shape index (κ1) is 55.3. The van der Waals surface area contributed by atoms with E-state index in [1.54, 1.807) is 30.4 Å². The van der Waals surface area contributed by atoms with Crippen molar-refractivity contribution < 1.29 is 39.9 Å². The minimum absolute atomic E-state index is 0.00504. The van der Waals surface area contributed by atoms with Gasteiger partial charge in [-0.2, -0.15) is 0 Å². The fourth-order valence-electron chi connectivity index (χ4n) is 8.72. The van der Waals surface area contributed by atoms with Gasteiger partial charge in [-0.3, -0.25) is 0 Å². The number of carboxylic acid groups (broad SMARTS) is 2. The van der Waals surface area contributed by atoms with Gasteiger partial charge in [0, 0.05) is 0 Å². The van der Waals surface area contributed by atoms with Gasteiger partial charge in [-0.15, -0.1) is 0 Å². The van der Waals surface area contributed by atoms with E-state index in [4.69, 9.17) is 29.9 Å². The number of carboxylic acids is 2. The van der Waals surface area contributed by atoms with Crippen LogP contribution in [-0.2, 0) is 20.7 Å². The maximum absolute atomic E-state index is 10.6. The number of aliphatic carboxylic acids is 2. The first-order valence-electron chi connectivity index (χ1n) is 22.3. The van der Waals surface area contributed by atoms with Gasteiger partial charge in [0.25, 0.3) is 0 Å². The van der Waals surface area contributed by atoms with E-state index in [0.29, 0.717) is 44.4 Å². The van der Waals surface area contributed by atoms with Crippen LogP contribution < -0.4 is 0 Å². The van der Waals surface area contributed by atoms with E-state index in [9.17, 15) is 24.9 Å². The molecule has 2 aliphatic rings. The van der Waals surface area contributed by atoms with Gasteiger partial charge in [0.2, 0.25) is 0 Å². The fourth-order valence-corrected chi connectivity index (χ4v) is 12.1. The van der Waals surface area contributed by atoms with Crippen molar-refractivity contribution in [3.8, 4) is 0 Å². The molecule has 0 bridgehead atoms. The summed E-state index contributed by atoms with van der Waals surface area (Å²) >= 11 is 10.8. The summed E-state index contributed by atoms with van der Waals surface area (Å²) in [7, 11) is 13.5. The van der Waals surface area contributed by atoms with Crippen molar-refractivity contribution >= 4 is 93.4 Å². The first-order chi connectivity index (χ1) is 30.0. The molecule has 4 rings (SSSR count). The monoisotopic (exact) mass is 1030 g/mol. The van der Waals surface area contributed by atoms with Crippen LogP contribution in [0, 0.1) is 56.3 Å². The quantitative estimate of drug-likeness (QED) is 0.0376. The standard InChI is InChI=1S/C25H35BBrO4S.C24H33BBrO4S/c1-16(24-14-22(27)17(2)32-24)12-19(31-3)10-11-20-18(15-26)13-23(28)21(20)8-6-4-5-7-9-25(29)30;1-15-22(31-16(2)24(15)26)12-10-18(27)9-11-19-17(14-25)13-21(28)20(19)7-5-3-4-6-8-23(29)30/h4,6,10-11,14-16,18-21,23,28H,5,7-9,12-13H2,1-3H3,(H,29,30);3,5,9,11,14,17-21,27-28H,4,6-8,10,12-13H2,1-2H3,(H,29,30)/b6-4-,11-10+;5-3-,11-9+/t16?,18-,19+,20-,21+,23?;17-,18+,19-,20+,21?/m00/s1. The molecule has 63 heavy (non-hydrogen) atoms. The Balaban J connectivity index is 0.000000335. The number of methoxy groups -OCH3 is 1. The van der Waals surface area contributed by atoms with E-state index in [1.807, 2.05) is 41.7 Å². The minimum atomic E-state index is -0.776. The number of thiophene rings is 2. The Kier molecular flexibility index (Phi) is 25.4. The van der Waals surface area contributed by atoms with Gasteiger partial charge in [-0.1, -0.05) is 0 Å². The van der Waals surface area contributed by atoms with Crippen molar-refractivity contribution in [3.05, 3.63) is 88.7 Å². The Bertz CT molecular complexity index is 1850. The van der Waals surface area contributed by atoms with Crippen LogP contribution in [0.25, 0.3) is 0 Å². The van der Waals surface area contributed by atoms with Crippen LogP contribution in [-0.4, -0.2) is 95.9 Å². The van der Waals surface area contributed by atoms with Crippen LogP contribution in [0.15, 0.2) is 63.6 Å². The number of allylic oxidation sites excluding steroid dienone is 6. The molecular weight excluding hydrogens is 962 g/mol. The molecule has 0 aromatic carbocycles. The third-order valence-electron chi connectivity index (χ3n) is 12.5. The molecule has 2 aromatic heterocycles. The molecule has 0 aliphatic heterocycles. The number of hydrogen-bond acceptors (Lipinski definition) is 8. The molecule has 2 saturated carbocycles. The van der Waals surface area contributed by atoms with Crippen molar-refractivity contribution in [1.29, 1.82) is 0 Å². The molecule has 0 spiro atoms. The molecule has 5 N–H and O–H groups in total. The topological polar surface area (TPSA) is 145 Å². The Morgan fingerprint density at radius 1 is 0.841 bits per heavy atom. The van der Waals surface area contributed by atoms with Gasteiger partial charge in [-0.25, -0.2) is 0 Å². The van der Waals surface area contributed by atoms with E-state index in [0.717, 1.165) is 41.0 Å². The Hall–Kier alpha value is -2.03. The van der Waals surface area contributed by atoms with Crippen molar-refractivity contribution in [2.75, 3.05) is 7.11 Å². The summed E-state index contributed by atoms with van der Waals surface area (Å²) in [6.45, 7) is 8.54. The summed E-state index contributed by atoms with van der Waals surface area (Å²) < 4.78 is 8.08. The zero-order chi connectivity index (χ0) is 46.6. The molecule has 344 valence electrons. The van der Waals surface area contributed by atoms with E-state index in [2.05, 4.69) is 83.8 Å². The molecule has 0 amide bonds. The number of aliphatic hydroxyl groups excluding tert-OH is 3. The van der Waals surface area contributed by atoms with Gasteiger partial charge in [0.05, 0.1) is 0 Å². The van der Waals surface area contributed by atoms with Crippen LogP contribution in [0.1, 0.15) is 115 Å². The maximum atomic E-state index is 10.6. The van der Waals surface area contributed by atoms with E-state index in [-0.39, 0.29) is 54.5 Å². The predicted octanol–water partition coefficient (Wildman–Crippen LogP) is 10.4. The average Bonchev–Trinajstić information content (AvgIpc) is 3.93. The Morgan fingerprint density at radius 2 is 1.37 bits per heavy atom. The Labute approximate surface area is 403 Å². The van der Waals surface area contributed by atoms with Crippen molar-refractivity contribution in [2.24, 2.45) is 35.5 Å². The number of ether oxygens (including phenoxy) is 1. The zero-order valence-corrected chi connectivity index (χ0v) is 42.4. The molecule has 2 aromatic rings.